The van der Waals surface area contributed by atoms with Gasteiger partial charge in [-0.2, -0.15) is 0 Å². The summed E-state index contributed by atoms with van der Waals surface area (Å²) in [6, 6.07) is 0.213. The van der Waals surface area contributed by atoms with Crippen LogP contribution in [-0.2, 0) is 23.7 Å². The number of nitrogens with zero attached hydrogens (tertiary/aromatic N) is 1. The molecule has 0 aromatic heterocycles. The first-order chi connectivity index (χ1) is 18.3. The topological polar surface area (TPSA) is 118 Å². The highest BCUT2D eigenvalue weighted by Gasteiger charge is 2.35. The van der Waals surface area contributed by atoms with Gasteiger partial charge in [-0.3, -0.25) is 9.69 Å². The molecule has 0 aliphatic heterocycles. The van der Waals surface area contributed by atoms with E-state index in [4.69, 9.17) is 18.9 Å². The van der Waals surface area contributed by atoms with Crippen molar-refractivity contribution in [1.29, 1.82) is 0 Å². The number of rotatable bonds is 23. The van der Waals surface area contributed by atoms with Crippen molar-refractivity contribution in [3.63, 3.8) is 0 Å². The van der Waals surface area contributed by atoms with E-state index in [1.807, 2.05) is 6.92 Å². The van der Waals surface area contributed by atoms with Gasteiger partial charge in [0, 0.05) is 26.1 Å². The first-order valence-corrected chi connectivity index (χ1v) is 15.1. The molecule has 0 bridgehead atoms. The fraction of sp³-hybridized carbons (Fsp3) is 0.967. The summed E-state index contributed by atoms with van der Waals surface area (Å²) >= 11 is 0. The van der Waals surface area contributed by atoms with Crippen LogP contribution in [0.2, 0.25) is 0 Å². The molecule has 0 aromatic rings. The molecule has 3 N–H and O–H groups in total. The number of hydrogen-bond donors (Lipinski definition) is 3. The Morgan fingerprint density at radius 1 is 0.872 bits per heavy atom. The van der Waals surface area contributed by atoms with E-state index in [0.717, 1.165) is 38.6 Å². The molecular weight excluding hydrogens is 502 g/mol. The van der Waals surface area contributed by atoms with Crippen molar-refractivity contribution >= 4 is 5.97 Å². The van der Waals surface area contributed by atoms with E-state index in [0.29, 0.717) is 24.7 Å². The summed E-state index contributed by atoms with van der Waals surface area (Å²) in [5.41, 5.74) is 0. The third kappa shape index (κ3) is 15.1. The minimum absolute atomic E-state index is 0.0271. The van der Waals surface area contributed by atoms with Crippen LogP contribution in [0.25, 0.3) is 0 Å². The van der Waals surface area contributed by atoms with Crippen LogP contribution in [0.1, 0.15) is 107 Å². The van der Waals surface area contributed by atoms with Crippen molar-refractivity contribution in [1.82, 2.24) is 4.90 Å². The van der Waals surface area contributed by atoms with E-state index in [2.05, 4.69) is 39.5 Å². The monoisotopic (exact) mass is 563 g/mol. The van der Waals surface area contributed by atoms with Gasteiger partial charge in [-0.1, -0.05) is 54.4 Å². The first-order valence-electron chi connectivity index (χ1n) is 15.1. The van der Waals surface area contributed by atoms with Crippen molar-refractivity contribution in [2.24, 2.45) is 23.7 Å². The number of carbonyl (C=O) groups is 1. The Kier molecular flexibility index (Phi) is 20.5. The summed E-state index contributed by atoms with van der Waals surface area (Å²) in [4.78, 5) is 15.1. The molecule has 0 amide bonds. The van der Waals surface area contributed by atoms with Crippen LogP contribution in [0, 0.1) is 23.7 Å². The van der Waals surface area contributed by atoms with E-state index in [9.17, 15) is 20.1 Å². The first kappa shape index (κ1) is 38.2. The molecule has 0 fully saturated rings. The molecular formula is C30H61NO8. The van der Waals surface area contributed by atoms with Crippen molar-refractivity contribution in [2.75, 3.05) is 20.4 Å². The number of ether oxygens (including phenoxy) is 4. The molecule has 0 aliphatic rings. The Balaban J connectivity index is 5.63. The van der Waals surface area contributed by atoms with Crippen LogP contribution in [0.5, 0.6) is 0 Å². The normalized spacial score (nSPS) is 19.9. The number of methoxy groups -OCH3 is 1. The molecule has 234 valence electrons. The SMILES string of the molecule is CCCC(OC(C(C)CC(C)C[C@@H](C)N(CO)C[C@H](C)CCC)C(C)C(=O)OC(O)CC)O[C@@H](C)C(O)OC. The third-order valence-electron chi connectivity index (χ3n) is 7.52. The molecule has 10 atom stereocenters. The molecule has 0 aromatic carbocycles. The Morgan fingerprint density at radius 3 is 2.00 bits per heavy atom. The van der Waals surface area contributed by atoms with Crippen molar-refractivity contribution in [3.05, 3.63) is 0 Å². The van der Waals surface area contributed by atoms with Gasteiger partial charge in [0.15, 0.2) is 18.9 Å². The summed E-state index contributed by atoms with van der Waals surface area (Å²) < 4.78 is 22.7. The highest BCUT2D eigenvalue weighted by Crippen LogP contribution is 2.30. The molecule has 7 unspecified atom stereocenters. The largest absolute Gasteiger partial charge is 0.436 e. The molecule has 9 heteroatoms. The van der Waals surface area contributed by atoms with Crippen LogP contribution in [0.15, 0.2) is 0 Å². The van der Waals surface area contributed by atoms with Gasteiger partial charge in [0.05, 0.1) is 18.8 Å². The highest BCUT2D eigenvalue weighted by molar-refractivity contribution is 5.72. The summed E-state index contributed by atoms with van der Waals surface area (Å²) in [6.07, 6.45) is 1.59. The maximum Gasteiger partial charge on any atom is 0.313 e. The van der Waals surface area contributed by atoms with Crippen LogP contribution in [0.4, 0.5) is 0 Å². The lowest BCUT2D eigenvalue weighted by atomic mass is 9.84. The predicted octanol–water partition coefficient (Wildman–Crippen LogP) is 4.90. The maximum absolute atomic E-state index is 12.9. The second-order valence-corrected chi connectivity index (χ2v) is 11.6. The van der Waals surface area contributed by atoms with Crippen molar-refractivity contribution in [2.45, 2.75) is 144 Å². The van der Waals surface area contributed by atoms with Gasteiger partial charge in [0.1, 0.15) is 6.10 Å². The standard InChI is InChI=1S/C30H61NO8/c1-11-14-20(4)18-31(19-32)23(7)17-21(5)16-22(6)28(24(8)29(34)38-26(33)13-3)39-27(15-12-2)37-25(9)30(35)36-10/h20-28,30,32-33,35H,11-19H2,1-10H3/t20-,21?,22?,23-,24?,25+,26?,27?,28?,30?/m1/s1. The van der Waals surface area contributed by atoms with Gasteiger partial charge >= 0.3 is 5.97 Å². The smallest absolute Gasteiger partial charge is 0.313 e. The molecule has 0 saturated carbocycles. The number of carbonyl (C=O) groups excluding carboxylic acids is 1. The Hall–Kier alpha value is -0.810. The zero-order valence-corrected chi connectivity index (χ0v) is 26.5. The molecule has 0 spiro atoms. The van der Waals surface area contributed by atoms with Crippen LogP contribution in [-0.4, -0.2) is 83.7 Å². The second-order valence-electron chi connectivity index (χ2n) is 11.6. The minimum atomic E-state index is -1.16. The van der Waals surface area contributed by atoms with Crippen LogP contribution < -0.4 is 0 Å². The van der Waals surface area contributed by atoms with Gasteiger partial charge in [-0.15, -0.1) is 0 Å². The number of hydrogen-bond acceptors (Lipinski definition) is 9. The van der Waals surface area contributed by atoms with Crippen molar-refractivity contribution < 1.29 is 39.1 Å². The summed E-state index contributed by atoms with van der Waals surface area (Å²) in [5.74, 6) is -0.350. The molecule has 0 saturated heterocycles. The summed E-state index contributed by atoms with van der Waals surface area (Å²) in [6.45, 7) is 19.0. The van der Waals surface area contributed by atoms with E-state index in [1.165, 1.54) is 7.11 Å². The fourth-order valence-corrected chi connectivity index (χ4v) is 5.24. The molecule has 9 nitrogen and oxygen atoms in total. The van der Waals surface area contributed by atoms with Crippen molar-refractivity contribution in [3.8, 4) is 0 Å². The number of esters is 1. The third-order valence-corrected chi connectivity index (χ3v) is 7.52. The summed E-state index contributed by atoms with van der Waals surface area (Å²) in [5, 5.41) is 29.9. The second kappa shape index (κ2) is 21.0. The number of aliphatic hydroxyl groups is 3. The van der Waals surface area contributed by atoms with Gasteiger partial charge < -0.3 is 34.3 Å². The van der Waals surface area contributed by atoms with Crippen LogP contribution in [0.3, 0.4) is 0 Å². The lowest BCUT2D eigenvalue weighted by Gasteiger charge is -2.36. The maximum atomic E-state index is 12.9. The number of aliphatic hydroxyl groups excluding tert-OH is 3. The van der Waals surface area contributed by atoms with E-state index >= 15 is 0 Å². The minimum Gasteiger partial charge on any atom is -0.436 e. The lowest BCUT2D eigenvalue weighted by Crippen LogP contribution is -2.42. The average Bonchev–Trinajstić information content (AvgIpc) is 2.88. The van der Waals surface area contributed by atoms with E-state index in [1.54, 1.807) is 20.8 Å². The van der Waals surface area contributed by atoms with E-state index < -0.39 is 43.0 Å². The van der Waals surface area contributed by atoms with E-state index in [-0.39, 0.29) is 18.7 Å². The van der Waals surface area contributed by atoms with Gasteiger partial charge in [0.25, 0.3) is 0 Å². The zero-order chi connectivity index (χ0) is 30.1. The fourth-order valence-electron chi connectivity index (χ4n) is 5.24. The predicted molar refractivity (Wildman–Crippen MR) is 154 cm³/mol. The van der Waals surface area contributed by atoms with Gasteiger partial charge in [-0.05, 0) is 64.2 Å². The Labute approximate surface area is 238 Å². The Morgan fingerprint density at radius 2 is 1.49 bits per heavy atom. The molecule has 0 aliphatic carbocycles. The molecule has 0 rings (SSSR count). The molecule has 0 heterocycles. The van der Waals surface area contributed by atoms with Gasteiger partial charge in [-0.25, -0.2) is 0 Å². The molecule has 39 heavy (non-hydrogen) atoms. The lowest BCUT2D eigenvalue weighted by molar-refractivity contribution is -0.255. The van der Waals surface area contributed by atoms with Crippen LogP contribution >= 0.6 is 0 Å². The Bertz CT molecular complexity index is 624. The summed E-state index contributed by atoms with van der Waals surface area (Å²) in [7, 11) is 1.41. The quantitative estimate of drug-likeness (QED) is 0.118. The van der Waals surface area contributed by atoms with Gasteiger partial charge in [0.2, 0.25) is 0 Å². The molecule has 0 radical (unpaired) electrons. The average molecular weight is 564 g/mol. The zero-order valence-electron chi connectivity index (χ0n) is 26.5. The highest BCUT2D eigenvalue weighted by atomic mass is 16.7.